The highest BCUT2D eigenvalue weighted by atomic mass is 19.4. The SMILES string of the molecule is Cc1[nH]ncc1CN[C@H]1CCN(c2cccc(OC(F)(F)F)c2)C1. The number of rotatable bonds is 5. The van der Waals surface area contributed by atoms with Crippen molar-refractivity contribution in [2.75, 3.05) is 18.0 Å². The molecule has 1 fully saturated rings. The van der Waals surface area contributed by atoms with E-state index in [1.54, 1.807) is 18.3 Å². The van der Waals surface area contributed by atoms with Gasteiger partial charge in [0.2, 0.25) is 0 Å². The van der Waals surface area contributed by atoms with Crippen LogP contribution in [-0.4, -0.2) is 35.7 Å². The Hall–Kier alpha value is -2.22. The van der Waals surface area contributed by atoms with Crippen molar-refractivity contribution < 1.29 is 17.9 Å². The van der Waals surface area contributed by atoms with Crippen LogP contribution in [0.2, 0.25) is 0 Å². The molecule has 1 saturated heterocycles. The van der Waals surface area contributed by atoms with Gasteiger partial charge in [0.25, 0.3) is 0 Å². The van der Waals surface area contributed by atoms with Gasteiger partial charge in [-0.2, -0.15) is 5.10 Å². The number of alkyl halides is 3. The lowest BCUT2D eigenvalue weighted by Crippen LogP contribution is -2.32. The Morgan fingerprint density at radius 2 is 2.25 bits per heavy atom. The number of hydrogen-bond donors (Lipinski definition) is 2. The van der Waals surface area contributed by atoms with E-state index in [1.165, 1.54) is 12.1 Å². The first-order valence-corrected chi connectivity index (χ1v) is 7.74. The van der Waals surface area contributed by atoms with Crippen molar-refractivity contribution in [2.45, 2.75) is 32.3 Å². The molecule has 3 rings (SSSR count). The van der Waals surface area contributed by atoms with Gasteiger partial charge in [-0.05, 0) is 25.5 Å². The van der Waals surface area contributed by atoms with Crippen LogP contribution in [0.1, 0.15) is 17.7 Å². The summed E-state index contributed by atoms with van der Waals surface area (Å²) in [5, 5.41) is 10.3. The van der Waals surface area contributed by atoms with Gasteiger partial charge < -0.3 is 15.0 Å². The van der Waals surface area contributed by atoms with Crippen LogP contribution in [0.5, 0.6) is 5.75 Å². The molecule has 0 bridgehead atoms. The summed E-state index contributed by atoms with van der Waals surface area (Å²) in [4.78, 5) is 2.06. The molecular weight excluding hydrogens is 321 g/mol. The minimum Gasteiger partial charge on any atom is -0.406 e. The first-order valence-electron chi connectivity index (χ1n) is 7.74. The molecular formula is C16H19F3N4O. The Bertz CT molecular complexity index is 686. The van der Waals surface area contributed by atoms with Gasteiger partial charge in [-0.25, -0.2) is 0 Å². The first kappa shape index (κ1) is 16.6. The number of halogens is 3. The fourth-order valence-corrected chi connectivity index (χ4v) is 2.85. The molecule has 8 heteroatoms. The number of benzene rings is 1. The smallest absolute Gasteiger partial charge is 0.406 e. The van der Waals surface area contributed by atoms with Gasteiger partial charge in [0, 0.05) is 48.7 Å². The molecule has 2 aromatic rings. The number of H-pyrrole nitrogens is 1. The maximum Gasteiger partial charge on any atom is 0.573 e. The number of aryl methyl sites for hydroxylation is 1. The molecule has 1 aromatic heterocycles. The third-order valence-corrected chi connectivity index (χ3v) is 4.12. The second-order valence-electron chi connectivity index (χ2n) is 5.88. The van der Waals surface area contributed by atoms with Crippen LogP contribution in [-0.2, 0) is 6.54 Å². The molecule has 1 aliphatic heterocycles. The van der Waals surface area contributed by atoms with Crippen molar-refractivity contribution in [1.82, 2.24) is 15.5 Å². The van der Waals surface area contributed by atoms with Crippen molar-refractivity contribution in [3.63, 3.8) is 0 Å². The number of nitrogens with zero attached hydrogens (tertiary/aromatic N) is 2. The van der Waals surface area contributed by atoms with Gasteiger partial charge in [-0.15, -0.1) is 13.2 Å². The van der Waals surface area contributed by atoms with Gasteiger partial charge in [-0.3, -0.25) is 5.10 Å². The Morgan fingerprint density at radius 3 is 2.96 bits per heavy atom. The van der Waals surface area contributed by atoms with E-state index < -0.39 is 6.36 Å². The van der Waals surface area contributed by atoms with E-state index in [1.807, 2.05) is 6.92 Å². The fourth-order valence-electron chi connectivity index (χ4n) is 2.85. The normalized spacial score (nSPS) is 18.2. The number of aromatic nitrogens is 2. The maximum absolute atomic E-state index is 12.3. The van der Waals surface area contributed by atoms with E-state index in [0.717, 1.165) is 43.0 Å². The maximum atomic E-state index is 12.3. The summed E-state index contributed by atoms with van der Waals surface area (Å²) in [5.41, 5.74) is 2.89. The number of hydrogen-bond acceptors (Lipinski definition) is 4. The average molecular weight is 340 g/mol. The molecule has 0 unspecified atom stereocenters. The van der Waals surface area contributed by atoms with Crippen LogP contribution >= 0.6 is 0 Å². The van der Waals surface area contributed by atoms with E-state index in [9.17, 15) is 13.2 Å². The molecule has 0 aliphatic carbocycles. The van der Waals surface area contributed by atoms with E-state index in [2.05, 4.69) is 25.2 Å². The summed E-state index contributed by atoms with van der Waals surface area (Å²) < 4.78 is 41.0. The summed E-state index contributed by atoms with van der Waals surface area (Å²) in [7, 11) is 0. The van der Waals surface area contributed by atoms with Crippen molar-refractivity contribution in [3.05, 3.63) is 41.7 Å². The van der Waals surface area contributed by atoms with E-state index >= 15 is 0 Å². The highest BCUT2D eigenvalue weighted by Gasteiger charge is 2.31. The zero-order chi connectivity index (χ0) is 17.2. The van der Waals surface area contributed by atoms with Crippen LogP contribution in [0.4, 0.5) is 18.9 Å². The fraction of sp³-hybridized carbons (Fsp3) is 0.438. The minimum absolute atomic E-state index is 0.189. The van der Waals surface area contributed by atoms with Crippen LogP contribution < -0.4 is 15.0 Å². The quantitative estimate of drug-likeness (QED) is 0.879. The Kier molecular flexibility index (Phi) is 4.66. The van der Waals surface area contributed by atoms with Crippen molar-refractivity contribution in [1.29, 1.82) is 0 Å². The predicted octanol–water partition coefficient (Wildman–Crippen LogP) is 2.99. The number of ether oxygens (including phenoxy) is 1. The Balaban J connectivity index is 1.57. The summed E-state index contributed by atoms with van der Waals surface area (Å²) in [6, 6.07) is 6.39. The monoisotopic (exact) mass is 340 g/mol. The van der Waals surface area contributed by atoms with Gasteiger partial charge in [0.15, 0.2) is 0 Å². The van der Waals surface area contributed by atoms with Crippen LogP contribution in [0.3, 0.4) is 0 Å². The highest BCUT2D eigenvalue weighted by Crippen LogP contribution is 2.28. The second kappa shape index (κ2) is 6.72. The van der Waals surface area contributed by atoms with Crippen LogP contribution in [0.15, 0.2) is 30.5 Å². The second-order valence-corrected chi connectivity index (χ2v) is 5.88. The van der Waals surface area contributed by atoms with E-state index in [-0.39, 0.29) is 11.8 Å². The molecule has 1 aliphatic rings. The third kappa shape index (κ3) is 4.19. The minimum atomic E-state index is -4.67. The molecule has 1 atom stereocenters. The van der Waals surface area contributed by atoms with Crippen molar-refractivity contribution >= 4 is 5.69 Å². The average Bonchev–Trinajstić information content (AvgIpc) is 3.12. The largest absolute Gasteiger partial charge is 0.573 e. The molecule has 0 spiro atoms. The highest BCUT2D eigenvalue weighted by molar-refractivity contribution is 5.51. The van der Waals surface area contributed by atoms with Crippen molar-refractivity contribution in [3.8, 4) is 5.75 Å². The van der Waals surface area contributed by atoms with Crippen molar-refractivity contribution in [2.24, 2.45) is 0 Å². The molecule has 130 valence electrons. The van der Waals surface area contributed by atoms with Gasteiger partial charge in [0.05, 0.1) is 6.20 Å². The number of nitrogens with one attached hydrogen (secondary N) is 2. The first-order chi connectivity index (χ1) is 11.4. The molecule has 0 saturated carbocycles. The van der Waals surface area contributed by atoms with Gasteiger partial charge in [0.1, 0.15) is 5.75 Å². The third-order valence-electron chi connectivity index (χ3n) is 4.12. The molecule has 24 heavy (non-hydrogen) atoms. The van der Waals surface area contributed by atoms with E-state index in [0.29, 0.717) is 0 Å². The molecule has 0 radical (unpaired) electrons. The number of anilines is 1. The molecule has 1 aromatic carbocycles. The summed E-state index contributed by atoms with van der Waals surface area (Å²) in [5.74, 6) is -0.189. The molecule has 2 N–H and O–H groups in total. The van der Waals surface area contributed by atoms with Crippen LogP contribution in [0.25, 0.3) is 0 Å². The molecule has 2 heterocycles. The summed E-state index contributed by atoms with van der Waals surface area (Å²) >= 11 is 0. The zero-order valence-electron chi connectivity index (χ0n) is 13.2. The summed E-state index contributed by atoms with van der Waals surface area (Å²) in [6.07, 6.45) is -1.94. The van der Waals surface area contributed by atoms with E-state index in [4.69, 9.17) is 0 Å². The zero-order valence-corrected chi connectivity index (χ0v) is 13.2. The van der Waals surface area contributed by atoms with Gasteiger partial charge in [-0.1, -0.05) is 6.07 Å². The summed E-state index contributed by atoms with van der Waals surface area (Å²) in [6.45, 7) is 4.22. The molecule has 5 nitrogen and oxygen atoms in total. The van der Waals surface area contributed by atoms with Gasteiger partial charge >= 0.3 is 6.36 Å². The standard InChI is InChI=1S/C16H19F3N4O/c1-11-12(9-21-22-11)8-20-13-5-6-23(10-13)14-3-2-4-15(7-14)24-16(17,18)19/h2-4,7,9,13,20H,5-6,8,10H2,1H3,(H,21,22)/t13-/m0/s1. The lowest BCUT2D eigenvalue weighted by Gasteiger charge is -2.20. The van der Waals surface area contributed by atoms with Crippen LogP contribution in [0, 0.1) is 6.92 Å². The topological polar surface area (TPSA) is 53.2 Å². The Morgan fingerprint density at radius 1 is 1.42 bits per heavy atom. The molecule has 0 amide bonds. The predicted molar refractivity (Wildman–Crippen MR) is 83.9 cm³/mol. The Labute approximate surface area is 137 Å². The lowest BCUT2D eigenvalue weighted by molar-refractivity contribution is -0.274. The number of aromatic amines is 1. The lowest BCUT2D eigenvalue weighted by atomic mass is 10.2.